The Morgan fingerprint density at radius 3 is 2.68 bits per heavy atom. The molecule has 2 aliphatic rings. The fourth-order valence-corrected chi connectivity index (χ4v) is 4.25. The molecule has 1 saturated carbocycles. The number of hydrogen-bond donors (Lipinski definition) is 0. The van der Waals surface area contributed by atoms with E-state index in [0.717, 1.165) is 51.1 Å². The van der Waals surface area contributed by atoms with Gasteiger partial charge in [-0.25, -0.2) is 4.39 Å². The van der Waals surface area contributed by atoms with Crippen LogP contribution in [0.5, 0.6) is 0 Å². The highest BCUT2D eigenvalue weighted by molar-refractivity contribution is 5.94. The van der Waals surface area contributed by atoms with Gasteiger partial charge in [-0.2, -0.15) is 0 Å². The van der Waals surface area contributed by atoms with E-state index < -0.39 is 0 Å². The molecule has 6 heteroatoms. The monoisotopic (exact) mass is 386 g/mol. The van der Waals surface area contributed by atoms with Crippen molar-refractivity contribution in [2.75, 3.05) is 26.2 Å². The summed E-state index contributed by atoms with van der Waals surface area (Å²) in [4.78, 5) is 17.4. The second-order valence-electron chi connectivity index (χ2n) is 7.71. The van der Waals surface area contributed by atoms with Crippen molar-refractivity contribution in [1.82, 2.24) is 9.80 Å². The first-order chi connectivity index (χ1) is 13.7. The molecule has 1 aliphatic carbocycles. The van der Waals surface area contributed by atoms with Crippen LogP contribution in [-0.4, -0.2) is 54.1 Å². The quantitative estimate of drug-likeness (QED) is 0.759. The Hall–Kier alpha value is -2.18. The summed E-state index contributed by atoms with van der Waals surface area (Å²) < 4.78 is 24.7. The van der Waals surface area contributed by atoms with Crippen molar-refractivity contribution in [2.45, 2.75) is 44.4 Å². The Balaban J connectivity index is 1.44. The third-order valence-electron chi connectivity index (χ3n) is 5.70. The molecule has 1 atom stereocenters. The maximum Gasteiger partial charge on any atom is 0.254 e. The number of nitrogens with zero attached hydrogens (tertiary/aromatic N) is 2. The van der Waals surface area contributed by atoms with Gasteiger partial charge in [-0.05, 0) is 49.2 Å². The van der Waals surface area contributed by atoms with Gasteiger partial charge in [-0.1, -0.05) is 12.8 Å². The van der Waals surface area contributed by atoms with Gasteiger partial charge in [-0.3, -0.25) is 9.69 Å². The van der Waals surface area contributed by atoms with Gasteiger partial charge in [0.2, 0.25) is 0 Å². The summed E-state index contributed by atoms with van der Waals surface area (Å²) in [5, 5.41) is 0. The molecule has 1 aliphatic heterocycles. The van der Waals surface area contributed by atoms with Gasteiger partial charge in [0.1, 0.15) is 11.6 Å². The number of carbonyl (C=O) groups is 1. The fourth-order valence-electron chi connectivity index (χ4n) is 4.25. The first-order valence-corrected chi connectivity index (χ1v) is 10.1. The van der Waals surface area contributed by atoms with Crippen LogP contribution in [0.15, 0.2) is 47.1 Å². The zero-order chi connectivity index (χ0) is 19.3. The van der Waals surface area contributed by atoms with E-state index in [1.54, 1.807) is 18.4 Å². The molecule has 1 aromatic carbocycles. The molecule has 2 heterocycles. The molecule has 0 N–H and O–H groups in total. The minimum absolute atomic E-state index is 0.0290. The van der Waals surface area contributed by atoms with Crippen molar-refractivity contribution in [2.24, 2.45) is 0 Å². The average molecular weight is 386 g/mol. The number of rotatable bonds is 6. The van der Waals surface area contributed by atoms with E-state index in [2.05, 4.69) is 4.90 Å². The Morgan fingerprint density at radius 2 is 1.96 bits per heavy atom. The number of halogens is 1. The third-order valence-corrected chi connectivity index (χ3v) is 5.70. The predicted molar refractivity (Wildman–Crippen MR) is 103 cm³/mol. The summed E-state index contributed by atoms with van der Waals surface area (Å²) in [6.07, 6.45) is 6.00. The topological polar surface area (TPSA) is 45.9 Å². The van der Waals surface area contributed by atoms with Crippen molar-refractivity contribution >= 4 is 5.91 Å². The van der Waals surface area contributed by atoms with Crippen molar-refractivity contribution in [3.8, 4) is 0 Å². The lowest BCUT2D eigenvalue weighted by molar-refractivity contribution is -0.0482. The molecule has 0 bridgehead atoms. The molecule has 28 heavy (non-hydrogen) atoms. The molecule has 2 fully saturated rings. The molecule has 0 radical (unpaired) electrons. The lowest BCUT2D eigenvalue weighted by atomic mass is 10.1. The molecule has 1 aromatic heterocycles. The second kappa shape index (κ2) is 8.88. The SMILES string of the molecule is O=C(c1ccc(F)cc1)N(CC1CN(Cc2ccco2)CCO1)C1CCCC1. The van der Waals surface area contributed by atoms with Crippen LogP contribution >= 0.6 is 0 Å². The molecule has 150 valence electrons. The van der Waals surface area contributed by atoms with Crippen LogP contribution < -0.4 is 0 Å². The zero-order valence-corrected chi connectivity index (χ0v) is 16.1. The maximum atomic E-state index is 13.3. The molecular formula is C22H27FN2O3. The molecule has 2 aromatic rings. The number of carbonyl (C=O) groups excluding carboxylic acids is 1. The first-order valence-electron chi connectivity index (χ1n) is 10.1. The standard InChI is InChI=1S/C22H27FN2O3/c23-18-9-7-17(8-10-18)22(26)25(19-4-1-2-5-19)16-21-15-24(11-13-28-21)14-20-6-3-12-27-20/h3,6-10,12,19,21H,1-2,4-5,11,13-16H2. The number of amides is 1. The highest BCUT2D eigenvalue weighted by Gasteiger charge is 2.31. The van der Waals surface area contributed by atoms with Crippen LogP contribution in [0.3, 0.4) is 0 Å². The van der Waals surface area contributed by atoms with Gasteiger partial charge in [-0.15, -0.1) is 0 Å². The number of furan rings is 1. The smallest absolute Gasteiger partial charge is 0.254 e. The minimum atomic E-state index is -0.326. The molecular weight excluding hydrogens is 359 g/mol. The summed E-state index contributed by atoms with van der Waals surface area (Å²) in [6, 6.07) is 9.96. The van der Waals surface area contributed by atoms with Gasteiger partial charge < -0.3 is 14.1 Å². The molecule has 5 nitrogen and oxygen atoms in total. The number of hydrogen-bond acceptors (Lipinski definition) is 4. The van der Waals surface area contributed by atoms with Crippen LogP contribution in [0.2, 0.25) is 0 Å². The Morgan fingerprint density at radius 1 is 1.18 bits per heavy atom. The number of benzene rings is 1. The third kappa shape index (κ3) is 4.62. The van der Waals surface area contributed by atoms with Gasteiger partial charge in [0.25, 0.3) is 5.91 Å². The van der Waals surface area contributed by atoms with Crippen LogP contribution in [0.1, 0.15) is 41.8 Å². The van der Waals surface area contributed by atoms with Crippen LogP contribution in [0.4, 0.5) is 4.39 Å². The molecule has 1 saturated heterocycles. The van der Waals surface area contributed by atoms with E-state index in [1.165, 1.54) is 12.1 Å². The molecule has 1 unspecified atom stereocenters. The van der Waals surface area contributed by atoms with E-state index in [1.807, 2.05) is 17.0 Å². The minimum Gasteiger partial charge on any atom is -0.468 e. The number of ether oxygens (including phenoxy) is 1. The lowest BCUT2D eigenvalue weighted by Crippen LogP contribution is -2.50. The lowest BCUT2D eigenvalue weighted by Gasteiger charge is -2.37. The summed E-state index contributed by atoms with van der Waals surface area (Å²) in [7, 11) is 0. The highest BCUT2D eigenvalue weighted by atomic mass is 19.1. The summed E-state index contributed by atoms with van der Waals surface area (Å²) in [5.41, 5.74) is 0.538. The van der Waals surface area contributed by atoms with Crippen molar-refractivity contribution in [3.05, 3.63) is 59.8 Å². The summed E-state index contributed by atoms with van der Waals surface area (Å²) in [5.74, 6) is 0.586. The average Bonchev–Trinajstić information content (AvgIpc) is 3.41. The second-order valence-corrected chi connectivity index (χ2v) is 7.71. The van der Waals surface area contributed by atoms with Crippen molar-refractivity contribution < 1.29 is 18.3 Å². The normalized spacial score (nSPS) is 21.1. The van der Waals surface area contributed by atoms with Crippen molar-refractivity contribution in [3.63, 3.8) is 0 Å². The Kier molecular flexibility index (Phi) is 6.07. The zero-order valence-electron chi connectivity index (χ0n) is 16.1. The predicted octanol–water partition coefficient (Wildman–Crippen LogP) is 3.70. The van der Waals surface area contributed by atoms with E-state index in [9.17, 15) is 9.18 Å². The molecule has 0 spiro atoms. The Labute approximate surface area is 165 Å². The van der Waals surface area contributed by atoms with Crippen molar-refractivity contribution in [1.29, 1.82) is 0 Å². The van der Waals surface area contributed by atoms with Crippen LogP contribution in [0, 0.1) is 5.82 Å². The van der Waals surface area contributed by atoms with Gasteiger partial charge in [0.15, 0.2) is 0 Å². The summed E-state index contributed by atoms with van der Waals surface area (Å²) in [6.45, 7) is 3.58. The summed E-state index contributed by atoms with van der Waals surface area (Å²) >= 11 is 0. The van der Waals surface area contributed by atoms with Gasteiger partial charge in [0, 0.05) is 31.2 Å². The largest absolute Gasteiger partial charge is 0.468 e. The first kappa shape index (κ1) is 19.2. The fraction of sp³-hybridized carbons (Fsp3) is 0.500. The number of morpholine rings is 1. The molecule has 4 rings (SSSR count). The van der Waals surface area contributed by atoms with E-state index in [4.69, 9.17) is 9.15 Å². The van der Waals surface area contributed by atoms with E-state index in [0.29, 0.717) is 18.7 Å². The van der Waals surface area contributed by atoms with E-state index in [-0.39, 0.29) is 23.9 Å². The van der Waals surface area contributed by atoms with Gasteiger partial charge >= 0.3 is 0 Å². The van der Waals surface area contributed by atoms with Crippen LogP contribution in [-0.2, 0) is 11.3 Å². The van der Waals surface area contributed by atoms with Crippen LogP contribution in [0.25, 0.3) is 0 Å². The van der Waals surface area contributed by atoms with E-state index >= 15 is 0 Å². The highest BCUT2D eigenvalue weighted by Crippen LogP contribution is 2.26. The maximum absolute atomic E-state index is 13.3. The molecule has 1 amide bonds. The van der Waals surface area contributed by atoms with Gasteiger partial charge in [0.05, 0.1) is 25.5 Å². The Bertz CT molecular complexity index is 757.